The molecule has 0 aromatic carbocycles. The second-order valence-corrected chi connectivity index (χ2v) is 6.55. The molecule has 0 aliphatic heterocycles. The second kappa shape index (κ2) is 5.00. The molecule has 0 unspecified atom stereocenters. The van der Waals surface area contributed by atoms with Crippen molar-refractivity contribution in [2.75, 3.05) is 16.6 Å². The van der Waals surface area contributed by atoms with E-state index < -0.39 is 10.0 Å². The van der Waals surface area contributed by atoms with E-state index in [1.54, 1.807) is 18.5 Å². The van der Waals surface area contributed by atoms with Crippen molar-refractivity contribution >= 4 is 38.2 Å². The lowest BCUT2D eigenvalue weighted by Gasteiger charge is -2.06. The van der Waals surface area contributed by atoms with E-state index in [0.29, 0.717) is 11.5 Å². The molecule has 0 atom stereocenters. The van der Waals surface area contributed by atoms with E-state index in [4.69, 9.17) is 4.42 Å². The minimum Gasteiger partial charge on any atom is -0.408 e. The van der Waals surface area contributed by atoms with Gasteiger partial charge in [0.1, 0.15) is 0 Å². The summed E-state index contributed by atoms with van der Waals surface area (Å²) in [6.45, 7) is 3.98. The average molecular weight is 328 g/mol. The van der Waals surface area contributed by atoms with Crippen LogP contribution in [0.5, 0.6) is 0 Å². The lowest BCUT2D eigenvalue weighted by Crippen LogP contribution is -2.17. The van der Waals surface area contributed by atoms with Gasteiger partial charge < -0.3 is 9.73 Å². The number of thiazole rings is 1. The summed E-state index contributed by atoms with van der Waals surface area (Å²) >= 11 is 1.34. The van der Waals surface area contributed by atoms with Gasteiger partial charge in [-0.3, -0.25) is 4.40 Å². The van der Waals surface area contributed by atoms with Gasteiger partial charge in [-0.2, -0.15) is 8.42 Å². The van der Waals surface area contributed by atoms with E-state index in [-0.39, 0.29) is 22.7 Å². The highest BCUT2D eigenvalue weighted by atomic mass is 32.2. The quantitative estimate of drug-likeness (QED) is 0.726. The topological polar surface area (TPSA) is 114 Å². The first-order chi connectivity index (χ1) is 10.0. The molecule has 0 bridgehead atoms. The number of nitrogens with one attached hydrogen (secondary N) is 2. The summed E-state index contributed by atoms with van der Waals surface area (Å²) in [5, 5.41) is 11.9. The Hall–Kier alpha value is -2.14. The van der Waals surface area contributed by atoms with Crippen molar-refractivity contribution in [1.29, 1.82) is 0 Å². The Morgan fingerprint density at radius 3 is 2.90 bits per heavy atom. The molecule has 0 spiro atoms. The molecule has 3 heterocycles. The predicted molar refractivity (Wildman–Crippen MR) is 77.1 cm³/mol. The molecule has 0 aliphatic carbocycles. The lowest BCUT2D eigenvalue weighted by atomic mass is 10.6. The maximum Gasteiger partial charge on any atom is 0.329 e. The molecule has 3 aromatic rings. The molecule has 0 amide bonds. The summed E-state index contributed by atoms with van der Waals surface area (Å²) in [6.07, 6.45) is 1.64. The molecule has 9 nitrogen and oxygen atoms in total. The monoisotopic (exact) mass is 328 g/mol. The van der Waals surface area contributed by atoms with Crippen molar-refractivity contribution in [3.63, 3.8) is 0 Å². The van der Waals surface area contributed by atoms with Gasteiger partial charge in [-0.1, -0.05) is 5.10 Å². The van der Waals surface area contributed by atoms with Gasteiger partial charge in [-0.05, 0) is 6.92 Å². The fourth-order valence-electron chi connectivity index (χ4n) is 1.81. The van der Waals surface area contributed by atoms with Crippen molar-refractivity contribution in [2.24, 2.45) is 0 Å². The van der Waals surface area contributed by atoms with Crippen LogP contribution in [0.15, 0.2) is 21.0 Å². The molecule has 0 saturated heterocycles. The number of aromatic nitrogens is 4. The molecule has 0 aliphatic rings. The van der Waals surface area contributed by atoms with Gasteiger partial charge in [-0.15, -0.1) is 16.4 Å². The number of rotatable bonds is 5. The Kier molecular flexibility index (Phi) is 3.29. The van der Waals surface area contributed by atoms with Crippen molar-refractivity contribution in [3.05, 3.63) is 17.5 Å². The minimum absolute atomic E-state index is 0.0106. The van der Waals surface area contributed by atoms with Gasteiger partial charge in [0.05, 0.1) is 0 Å². The van der Waals surface area contributed by atoms with Gasteiger partial charge in [0, 0.05) is 25.0 Å². The lowest BCUT2D eigenvalue weighted by molar-refractivity contribution is 0.534. The Balaban J connectivity index is 2.08. The van der Waals surface area contributed by atoms with Gasteiger partial charge in [0.15, 0.2) is 10.8 Å². The molecule has 2 N–H and O–H groups in total. The van der Waals surface area contributed by atoms with Crippen LogP contribution in [0.2, 0.25) is 0 Å². The molecule has 112 valence electrons. The van der Waals surface area contributed by atoms with Crippen LogP contribution in [0, 0.1) is 6.92 Å². The van der Waals surface area contributed by atoms with Crippen LogP contribution in [0.4, 0.5) is 11.8 Å². The van der Waals surface area contributed by atoms with Crippen LogP contribution >= 0.6 is 11.3 Å². The summed E-state index contributed by atoms with van der Waals surface area (Å²) < 4.78 is 33.9. The third-order valence-corrected chi connectivity index (χ3v) is 4.66. The molecular weight excluding hydrogens is 316 g/mol. The predicted octanol–water partition coefficient (Wildman–Crippen LogP) is 1.32. The van der Waals surface area contributed by atoms with E-state index in [0.717, 1.165) is 0 Å². The molecule has 0 saturated carbocycles. The summed E-state index contributed by atoms with van der Waals surface area (Å²) in [5.41, 5.74) is 0. The normalized spacial score (nSPS) is 11.9. The summed E-state index contributed by atoms with van der Waals surface area (Å²) in [4.78, 5) is 4.84. The number of anilines is 2. The zero-order valence-corrected chi connectivity index (χ0v) is 12.8. The van der Waals surface area contributed by atoms with E-state index in [2.05, 4.69) is 25.2 Å². The number of hydrogen-bond donors (Lipinski definition) is 2. The van der Waals surface area contributed by atoms with Gasteiger partial charge in [0.25, 0.3) is 10.0 Å². The van der Waals surface area contributed by atoms with Gasteiger partial charge in [0.2, 0.25) is 10.9 Å². The van der Waals surface area contributed by atoms with Crippen molar-refractivity contribution in [2.45, 2.75) is 18.9 Å². The number of nitrogens with zero attached hydrogens (tertiary/aromatic N) is 4. The molecule has 0 radical (unpaired) electrons. The Morgan fingerprint density at radius 1 is 1.43 bits per heavy atom. The zero-order valence-electron chi connectivity index (χ0n) is 11.2. The molecule has 11 heteroatoms. The van der Waals surface area contributed by atoms with Gasteiger partial charge >= 0.3 is 6.01 Å². The average Bonchev–Trinajstić information content (AvgIpc) is 3.05. The standard InChI is InChI=1S/C10H12N6O3S2/c1-3-11-7-8(16-4-5-20-10(16)12-7)21(17,18)15-9-14-13-6(2)19-9/h4-5,11H,3H2,1-2H3,(H,14,15). The number of sulfonamides is 1. The first kappa shape index (κ1) is 13.8. The SMILES string of the molecule is CCNc1nc2sccn2c1S(=O)(=O)Nc1nnc(C)o1. The van der Waals surface area contributed by atoms with E-state index in [1.165, 1.54) is 15.7 Å². The fourth-order valence-corrected chi connectivity index (χ4v) is 3.76. The minimum atomic E-state index is -3.91. The van der Waals surface area contributed by atoms with E-state index in [1.807, 2.05) is 6.92 Å². The zero-order chi connectivity index (χ0) is 15.0. The molecular formula is C10H12N6O3S2. The van der Waals surface area contributed by atoms with Crippen LogP contribution in [0.1, 0.15) is 12.8 Å². The van der Waals surface area contributed by atoms with E-state index >= 15 is 0 Å². The highest BCUT2D eigenvalue weighted by molar-refractivity contribution is 7.92. The van der Waals surface area contributed by atoms with Crippen LogP contribution in [-0.2, 0) is 10.0 Å². The summed E-state index contributed by atoms with van der Waals surface area (Å²) in [5.74, 6) is 0.557. The number of fused-ring (bicyclic) bond motifs is 1. The maximum atomic E-state index is 12.5. The third-order valence-electron chi connectivity index (χ3n) is 2.56. The van der Waals surface area contributed by atoms with Crippen molar-refractivity contribution < 1.29 is 12.8 Å². The number of aryl methyl sites for hydroxylation is 1. The van der Waals surface area contributed by atoms with Crippen molar-refractivity contribution in [1.82, 2.24) is 19.6 Å². The molecule has 3 aromatic heterocycles. The highest BCUT2D eigenvalue weighted by Crippen LogP contribution is 2.27. The fraction of sp³-hybridized carbons (Fsp3) is 0.300. The smallest absolute Gasteiger partial charge is 0.329 e. The summed E-state index contributed by atoms with van der Waals surface area (Å²) in [7, 11) is -3.91. The third kappa shape index (κ3) is 2.45. The number of imidazole rings is 1. The first-order valence-electron chi connectivity index (χ1n) is 6.03. The Morgan fingerprint density at radius 2 is 2.24 bits per heavy atom. The van der Waals surface area contributed by atoms with Crippen LogP contribution < -0.4 is 10.0 Å². The van der Waals surface area contributed by atoms with Crippen LogP contribution in [0.25, 0.3) is 4.96 Å². The van der Waals surface area contributed by atoms with Crippen LogP contribution in [-0.4, -0.2) is 34.5 Å². The molecule has 21 heavy (non-hydrogen) atoms. The highest BCUT2D eigenvalue weighted by Gasteiger charge is 2.27. The molecule has 0 fully saturated rings. The van der Waals surface area contributed by atoms with E-state index in [9.17, 15) is 8.42 Å². The summed E-state index contributed by atoms with van der Waals surface area (Å²) in [6, 6.07) is -0.180. The van der Waals surface area contributed by atoms with Crippen molar-refractivity contribution in [3.8, 4) is 0 Å². The largest absolute Gasteiger partial charge is 0.408 e. The molecule has 3 rings (SSSR count). The Labute approximate surface area is 124 Å². The Bertz CT molecular complexity index is 878. The maximum absolute atomic E-state index is 12.5. The van der Waals surface area contributed by atoms with Crippen LogP contribution in [0.3, 0.4) is 0 Å². The number of hydrogen-bond acceptors (Lipinski definition) is 8. The first-order valence-corrected chi connectivity index (χ1v) is 8.40. The van der Waals surface area contributed by atoms with Gasteiger partial charge in [-0.25, -0.2) is 9.71 Å². The second-order valence-electron chi connectivity index (χ2n) is 4.08.